The number of carbonyl (C=O) groups is 1. The molecule has 1 N–H and O–H groups in total. The van der Waals surface area contributed by atoms with Crippen molar-refractivity contribution in [2.24, 2.45) is 0 Å². The van der Waals surface area contributed by atoms with Gasteiger partial charge >= 0.3 is 5.97 Å². The summed E-state index contributed by atoms with van der Waals surface area (Å²) in [6, 6.07) is 5.24. The molecule has 2 rings (SSSR count). The summed E-state index contributed by atoms with van der Waals surface area (Å²) in [5, 5.41) is 9.22. The van der Waals surface area contributed by atoms with Crippen molar-refractivity contribution in [3.8, 4) is 5.75 Å². The molecule has 0 fully saturated rings. The molecule has 17 heavy (non-hydrogen) atoms. The van der Waals surface area contributed by atoms with E-state index in [2.05, 4.69) is 4.90 Å². The molecule has 0 radical (unpaired) electrons. The first-order valence-electron chi connectivity index (χ1n) is 5.73. The van der Waals surface area contributed by atoms with Crippen LogP contribution in [0.15, 0.2) is 18.2 Å². The van der Waals surface area contributed by atoms with Crippen LogP contribution < -0.4 is 4.74 Å². The van der Waals surface area contributed by atoms with Crippen molar-refractivity contribution in [3.05, 3.63) is 29.3 Å². The molecule has 4 nitrogen and oxygen atoms in total. The van der Waals surface area contributed by atoms with Gasteiger partial charge in [-0.15, -0.1) is 0 Å². The Labute approximate surface area is 101 Å². The highest BCUT2D eigenvalue weighted by Crippen LogP contribution is 2.36. The molecule has 0 saturated carbocycles. The van der Waals surface area contributed by atoms with Crippen LogP contribution in [0.5, 0.6) is 5.75 Å². The maximum atomic E-state index is 11.2. The van der Waals surface area contributed by atoms with E-state index < -0.39 is 5.97 Å². The lowest BCUT2D eigenvalue weighted by molar-refractivity contribution is 0.0692. The van der Waals surface area contributed by atoms with E-state index in [1.54, 1.807) is 12.1 Å². The van der Waals surface area contributed by atoms with E-state index in [0.29, 0.717) is 12.2 Å². The fourth-order valence-corrected chi connectivity index (χ4v) is 2.36. The van der Waals surface area contributed by atoms with Crippen LogP contribution in [-0.2, 0) is 0 Å². The van der Waals surface area contributed by atoms with Crippen molar-refractivity contribution < 1.29 is 14.6 Å². The Hall–Kier alpha value is -1.55. The highest BCUT2D eigenvalue weighted by atomic mass is 16.5. The number of ether oxygens (including phenoxy) is 1. The minimum absolute atomic E-state index is 0.237. The molecule has 0 aromatic heterocycles. The molecule has 1 aromatic carbocycles. The summed E-state index contributed by atoms with van der Waals surface area (Å²) in [6.45, 7) is 1.51. The number of nitrogens with zero attached hydrogens (tertiary/aromatic N) is 1. The first-order chi connectivity index (χ1) is 8.09. The summed E-state index contributed by atoms with van der Waals surface area (Å²) >= 11 is 0. The zero-order chi connectivity index (χ0) is 12.4. The Kier molecular flexibility index (Phi) is 3.33. The Morgan fingerprint density at radius 1 is 1.53 bits per heavy atom. The lowest BCUT2D eigenvalue weighted by Gasteiger charge is -2.29. The number of aromatic carboxylic acids is 1. The van der Waals surface area contributed by atoms with Gasteiger partial charge in [0.25, 0.3) is 0 Å². The summed E-state index contributed by atoms with van der Waals surface area (Å²) in [7, 11) is 4.00. The molecule has 0 amide bonds. The molecular formula is C13H17NO3. The van der Waals surface area contributed by atoms with E-state index in [1.807, 2.05) is 20.2 Å². The van der Waals surface area contributed by atoms with Crippen molar-refractivity contribution in [3.63, 3.8) is 0 Å². The molecule has 0 saturated heterocycles. The van der Waals surface area contributed by atoms with Crippen molar-refractivity contribution >= 4 is 5.97 Å². The Morgan fingerprint density at radius 2 is 2.29 bits per heavy atom. The van der Waals surface area contributed by atoms with Crippen molar-refractivity contribution in [2.45, 2.75) is 12.3 Å². The zero-order valence-electron chi connectivity index (χ0n) is 10.1. The number of rotatable bonds is 3. The number of fused-ring (bicyclic) bond motifs is 1. The molecule has 4 heteroatoms. The van der Waals surface area contributed by atoms with E-state index in [0.717, 1.165) is 24.3 Å². The van der Waals surface area contributed by atoms with Crippen LogP contribution in [0.3, 0.4) is 0 Å². The van der Waals surface area contributed by atoms with Gasteiger partial charge in [0.2, 0.25) is 0 Å². The molecule has 1 unspecified atom stereocenters. The third-order valence-electron chi connectivity index (χ3n) is 3.01. The number of hydrogen-bond acceptors (Lipinski definition) is 3. The topological polar surface area (TPSA) is 49.8 Å². The van der Waals surface area contributed by atoms with Gasteiger partial charge in [0.15, 0.2) is 0 Å². The third-order valence-corrected chi connectivity index (χ3v) is 3.01. The number of likely N-dealkylation sites (N-methyl/N-ethyl adjacent to an activating group) is 1. The predicted octanol–water partition coefficient (Wildman–Crippen LogP) is 1.81. The molecule has 0 spiro atoms. The van der Waals surface area contributed by atoms with Gasteiger partial charge in [0, 0.05) is 18.0 Å². The van der Waals surface area contributed by atoms with E-state index in [-0.39, 0.29) is 5.92 Å². The number of benzene rings is 1. The number of carboxylic acids is 1. The van der Waals surface area contributed by atoms with E-state index in [4.69, 9.17) is 4.74 Å². The minimum Gasteiger partial charge on any atom is -0.493 e. The van der Waals surface area contributed by atoms with Gasteiger partial charge in [-0.05, 0) is 32.6 Å². The molecule has 1 atom stereocenters. The second kappa shape index (κ2) is 4.75. The standard InChI is InChI=1S/C13H17NO3/c1-14(2)8-9-6-7-17-11-5-3-4-10(12(9)11)13(15)16/h3-5,9H,6-8H2,1-2H3,(H,15,16). The summed E-state index contributed by atoms with van der Waals surface area (Å²) in [4.78, 5) is 13.3. The maximum Gasteiger partial charge on any atom is 0.336 e. The minimum atomic E-state index is -0.879. The van der Waals surface area contributed by atoms with Gasteiger partial charge in [-0.25, -0.2) is 4.79 Å². The largest absolute Gasteiger partial charge is 0.493 e. The van der Waals surface area contributed by atoms with Gasteiger partial charge in [-0.3, -0.25) is 0 Å². The smallest absolute Gasteiger partial charge is 0.336 e. The molecule has 1 heterocycles. The van der Waals surface area contributed by atoms with Crippen LogP contribution >= 0.6 is 0 Å². The summed E-state index contributed by atoms with van der Waals surface area (Å²) in [6.07, 6.45) is 0.871. The van der Waals surface area contributed by atoms with Crippen LogP contribution in [0, 0.1) is 0 Å². The highest BCUT2D eigenvalue weighted by molar-refractivity contribution is 5.90. The highest BCUT2D eigenvalue weighted by Gasteiger charge is 2.27. The lowest BCUT2D eigenvalue weighted by Crippen LogP contribution is -2.26. The van der Waals surface area contributed by atoms with Gasteiger partial charge in [0.05, 0.1) is 12.2 Å². The Morgan fingerprint density at radius 3 is 2.94 bits per heavy atom. The average Bonchev–Trinajstić information content (AvgIpc) is 2.27. The van der Waals surface area contributed by atoms with Crippen LogP contribution in [0.2, 0.25) is 0 Å². The first-order valence-corrected chi connectivity index (χ1v) is 5.73. The molecule has 92 valence electrons. The molecular weight excluding hydrogens is 218 g/mol. The third kappa shape index (κ3) is 2.42. The molecule has 1 aliphatic rings. The fraction of sp³-hybridized carbons (Fsp3) is 0.462. The molecule has 1 aromatic rings. The number of hydrogen-bond donors (Lipinski definition) is 1. The van der Waals surface area contributed by atoms with Gasteiger partial charge in [-0.1, -0.05) is 6.07 Å². The molecule has 1 aliphatic heterocycles. The van der Waals surface area contributed by atoms with Gasteiger partial charge < -0.3 is 14.7 Å². The van der Waals surface area contributed by atoms with Crippen LogP contribution in [0.4, 0.5) is 0 Å². The second-order valence-corrected chi connectivity index (χ2v) is 4.62. The molecule has 0 aliphatic carbocycles. The second-order valence-electron chi connectivity index (χ2n) is 4.62. The number of carboxylic acid groups (broad SMARTS) is 1. The van der Waals surface area contributed by atoms with Crippen LogP contribution in [0.1, 0.15) is 28.3 Å². The fourth-order valence-electron chi connectivity index (χ4n) is 2.36. The van der Waals surface area contributed by atoms with E-state index >= 15 is 0 Å². The van der Waals surface area contributed by atoms with Crippen molar-refractivity contribution in [2.75, 3.05) is 27.2 Å². The zero-order valence-corrected chi connectivity index (χ0v) is 10.1. The van der Waals surface area contributed by atoms with E-state index in [9.17, 15) is 9.90 Å². The first kappa shape index (κ1) is 11.9. The normalized spacial score (nSPS) is 18.6. The van der Waals surface area contributed by atoms with Crippen molar-refractivity contribution in [1.29, 1.82) is 0 Å². The van der Waals surface area contributed by atoms with Crippen molar-refractivity contribution in [1.82, 2.24) is 4.90 Å². The summed E-state index contributed by atoms with van der Waals surface area (Å²) in [5.74, 6) is 0.0835. The average molecular weight is 235 g/mol. The van der Waals surface area contributed by atoms with Gasteiger partial charge in [0.1, 0.15) is 5.75 Å². The summed E-state index contributed by atoms with van der Waals surface area (Å²) in [5.41, 5.74) is 1.22. The van der Waals surface area contributed by atoms with Crippen LogP contribution in [0.25, 0.3) is 0 Å². The predicted molar refractivity (Wildman–Crippen MR) is 64.8 cm³/mol. The lowest BCUT2D eigenvalue weighted by atomic mass is 9.89. The Balaban J connectivity index is 2.43. The molecule has 0 bridgehead atoms. The van der Waals surface area contributed by atoms with Crippen LogP contribution in [-0.4, -0.2) is 43.2 Å². The quantitative estimate of drug-likeness (QED) is 0.868. The SMILES string of the molecule is CN(C)CC1CCOc2cccc(C(=O)O)c21. The Bertz CT molecular complexity index is 429. The van der Waals surface area contributed by atoms with Gasteiger partial charge in [-0.2, -0.15) is 0 Å². The van der Waals surface area contributed by atoms with E-state index in [1.165, 1.54) is 0 Å². The summed E-state index contributed by atoms with van der Waals surface area (Å²) < 4.78 is 5.54. The monoisotopic (exact) mass is 235 g/mol. The maximum absolute atomic E-state index is 11.2.